The summed E-state index contributed by atoms with van der Waals surface area (Å²) in [6.45, 7) is 1.69. The summed E-state index contributed by atoms with van der Waals surface area (Å²) in [4.78, 5) is 37.2. The summed E-state index contributed by atoms with van der Waals surface area (Å²) in [5.41, 5.74) is 2.20. The third kappa shape index (κ3) is 8.41. The van der Waals surface area contributed by atoms with Crippen molar-refractivity contribution in [2.45, 2.75) is 31.5 Å². The highest BCUT2D eigenvalue weighted by Gasteiger charge is 2.42. The minimum atomic E-state index is -4.03. The number of nitrogens with one attached hydrogen (secondary N) is 2. The Balaban J connectivity index is 1.49. The quantitative estimate of drug-likeness (QED) is 0.203. The Labute approximate surface area is 265 Å². The lowest BCUT2D eigenvalue weighted by Crippen LogP contribution is -2.62. The third-order valence-corrected chi connectivity index (χ3v) is 9.43. The number of benzene rings is 3. The van der Waals surface area contributed by atoms with Gasteiger partial charge in [0.25, 0.3) is 0 Å². The molecule has 4 N–H and O–H groups in total. The first kappa shape index (κ1) is 33.1. The summed E-state index contributed by atoms with van der Waals surface area (Å²) in [5, 5.41) is 24.8. The summed E-state index contributed by atoms with van der Waals surface area (Å²) in [6.07, 6.45) is -0.650. The van der Waals surface area contributed by atoms with Crippen molar-refractivity contribution in [2.24, 2.45) is 0 Å². The first-order chi connectivity index (χ1) is 20.8. The molecule has 1 aliphatic heterocycles. The van der Waals surface area contributed by atoms with Crippen molar-refractivity contribution in [3.05, 3.63) is 94.0 Å². The molecular formula is C30H32Cl2N4O7S. The molecule has 0 bridgehead atoms. The molecule has 1 fully saturated rings. The highest BCUT2D eigenvalue weighted by atomic mass is 35.5. The van der Waals surface area contributed by atoms with Crippen molar-refractivity contribution in [2.75, 3.05) is 29.7 Å². The maximum absolute atomic E-state index is 13.7. The highest BCUT2D eigenvalue weighted by Crippen LogP contribution is 2.37. The van der Waals surface area contributed by atoms with Crippen LogP contribution in [0.3, 0.4) is 0 Å². The lowest BCUT2D eigenvalue weighted by molar-refractivity contribution is -0.142. The lowest BCUT2D eigenvalue weighted by atomic mass is 9.93. The van der Waals surface area contributed by atoms with Gasteiger partial charge in [-0.25, -0.2) is 8.42 Å². The van der Waals surface area contributed by atoms with Crippen molar-refractivity contribution < 1.29 is 33.0 Å². The van der Waals surface area contributed by atoms with E-state index in [1.807, 2.05) is 24.3 Å². The van der Waals surface area contributed by atoms with Crippen LogP contribution in [0.2, 0.25) is 10.0 Å². The van der Waals surface area contributed by atoms with Crippen LogP contribution in [0.4, 0.5) is 5.69 Å². The molecule has 2 amide bonds. The maximum Gasteiger partial charge on any atom is 0.325 e. The smallest absolute Gasteiger partial charge is 0.325 e. The number of amides is 2. The number of anilines is 1. The molecule has 1 atom stereocenters. The van der Waals surface area contributed by atoms with Gasteiger partial charge in [-0.1, -0.05) is 53.5 Å². The zero-order chi connectivity index (χ0) is 32.0. The third-order valence-electron chi connectivity index (χ3n) is 7.09. The van der Waals surface area contributed by atoms with Crippen molar-refractivity contribution in [1.82, 2.24) is 15.5 Å². The Kier molecular flexibility index (Phi) is 10.7. The van der Waals surface area contributed by atoms with Gasteiger partial charge in [0, 0.05) is 35.7 Å². The Morgan fingerprint density at radius 2 is 1.52 bits per heavy atom. The van der Waals surface area contributed by atoms with E-state index < -0.39 is 52.1 Å². The number of halogens is 2. The Morgan fingerprint density at radius 1 is 0.955 bits per heavy atom. The number of hydrogen-bond acceptors (Lipinski definition) is 7. The van der Waals surface area contributed by atoms with Gasteiger partial charge in [0.15, 0.2) is 0 Å². The fourth-order valence-electron chi connectivity index (χ4n) is 4.96. The van der Waals surface area contributed by atoms with Gasteiger partial charge in [-0.3, -0.25) is 23.6 Å². The van der Waals surface area contributed by atoms with Gasteiger partial charge >= 0.3 is 5.97 Å². The van der Waals surface area contributed by atoms with Gasteiger partial charge < -0.3 is 20.8 Å². The van der Waals surface area contributed by atoms with E-state index in [4.69, 9.17) is 28.3 Å². The standard InChI is InChI=1S/C30H32Cl2N4O7S/c1-19(30(40)41)34-28(39)16-27(38)33-13-14-44(42,43)36(24-3-2-4-26(37)15-24)25-17-35(18-25)29(20-5-9-22(31)10-6-20)21-7-11-23(32)12-8-21/h2-12,15,19,25,29,37H,13-14,16-18H2,1H3,(H,33,38)(H,34,39)(H,40,41). The van der Waals surface area contributed by atoms with Crippen LogP contribution in [0.5, 0.6) is 5.75 Å². The first-order valence-electron chi connectivity index (χ1n) is 13.7. The van der Waals surface area contributed by atoms with Gasteiger partial charge in [-0.05, 0) is 54.4 Å². The summed E-state index contributed by atoms with van der Waals surface area (Å²) in [5.74, 6) is -3.38. The molecule has 11 nitrogen and oxygen atoms in total. The topological polar surface area (TPSA) is 156 Å². The number of rotatable bonds is 13. The number of carboxylic acids is 1. The average molecular weight is 664 g/mol. The number of nitrogens with zero attached hydrogens (tertiary/aromatic N) is 2. The predicted molar refractivity (Wildman–Crippen MR) is 167 cm³/mol. The molecule has 14 heteroatoms. The number of sulfonamides is 1. The van der Waals surface area contributed by atoms with Crippen LogP contribution in [0.1, 0.15) is 30.5 Å². The molecule has 0 aromatic heterocycles. The number of likely N-dealkylation sites (tertiary alicyclic amines) is 1. The number of carboxylic acid groups (broad SMARTS) is 1. The largest absolute Gasteiger partial charge is 0.508 e. The normalized spacial score (nSPS) is 14.5. The van der Waals surface area contributed by atoms with Gasteiger partial charge in [-0.2, -0.15) is 0 Å². The molecule has 3 aromatic carbocycles. The van der Waals surface area contributed by atoms with E-state index in [2.05, 4.69) is 15.5 Å². The molecule has 0 aliphatic carbocycles. The molecular weight excluding hydrogens is 631 g/mol. The molecule has 4 rings (SSSR count). The molecule has 0 radical (unpaired) electrons. The van der Waals surface area contributed by atoms with Crippen LogP contribution in [0.15, 0.2) is 72.8 Å². The summed E-state index contributed by atoms with van der Waals surface area (Å²) >= 11 is 12.3. The van der Waals surface area contributed by atoms with Crippen LogP contribution in [0.25, 0.3) is 0 Å². The van der Waals surface area contributed by atoms with E-state index in [-0.39, 0.29) is 24.0 Å². The molecule has 0 spiro atoms. The highest BCUT2D eigenvalue weighted by molar-refractivity contribution is 7.92. The molecule has 1 heterocycles. The fourth-order valence-corrected chi connectivity index (χ4v) is 6.79. The minimum Gasteiger partial charge on any atom is -0.508 e. The number of aromatic hydroxyl groups is 1. The molecule has 234 valence electrons. The summed E-state index contributed by atoms with van der Waals surface area (Å²) in [7, 11) is -4.03. The first-order valence-corrected chi connectivity index (χ1v) is 16.1. The second kappa shape index (κ2) is 14.3. The second-order valence-corrected chi connectivity index (χ2v) is 13.2. The number of carbonyl (C=O) groups excluding carboxylic acids is 2. The van der Waals surface area contributed by atoms with E-state index in [0.717, 1.165) is 11.1 Å². The minimum absolute atomic E-state index is 0.103. The average Bonchev–Trinajstić information content (AvgIpc) is 2.93. The second-order valence-electron chi connectivity index (χ2n) is 10.4. The predicted octanol–water partition coefficient (Wildman–Crippen LogP) is 3.40. The van der Waals surface area contributed by atoms with Crippen molar-refractivity contribution in [1.29, 1.82) is 0 Å². The van der Waals surface area contributed by atoms with Crippen molar-refractivity contribution in [3.63, 3.8) is 0 Å². The van der Waals surface area contributed by atoms with Crippen LogP contribution < -0.4 is 14.9 Å². The molecule has 0 saturated carbocycles. The van der Waals surface area contributed by atoms with E-state index >= 15 is 0 Å². The summed E-state index contributed by atoms with van der Waals surface area (Å²) < 4.78 is 28.6. The van der Waals surface area contributed by atoms with E-state index in [0.29, 0.717) is 23.1 Å². The fraction of sp³-hybridized carbons (Fsp3) is 0.300. The molecule has 3 aromatic rings. The van der Waals surface area contributed by atoms with E-state index in [9.17, 15) is 27.9 Å². The Bertz CT molecular complexity index is 1550. The molecule has 1 unspecified atom stereocenters. The van der Waals surface area contributed by atoms with Crippen LogP contribution in [0, 0.1) is 0 Å². The van der Waals surface area contributed by atoms with Crippen LogP contribution in [-0.4, -0.2) is 78.8 Å². The summed E-state index contributed by atoms with van der Waals surface area (Å²) in [6, 6.07) is 18.9. The molecule has 1 saturated heterocycles. The van der Waals surface area contributed by atoms with Crippen LogP contribution >= 0.6 is 23.2 Å². The SMILES string of the molecule is CC(NC(=O)CC(=O)NCCS(=O)(=O)N(c1cccc(O)c1)C1CN(C(c2ccc(Cl)cc2)c2ccc(Cl)cc2)C1)C(=O)O. The zero-order valence-corrected chi connectivity index (χ0v) is 26.0. The zero-order valence-electron chi connectivity index (χ0n) is 23.7. The van der Waals surface area contributed by atoms with Crippen LogP contribution in [-0.2, 0) is 24.4 Å². The lowest BCUT2D eigenvalue weighted by Gasteiger charge is -2.49. The monoisotopic (exact) mass is 662 g/mol. The number of aliphatic carboxylic acids is 1. The van der Waals surface area contributed by atoms with Gasteiger partial charge in [0.1, 0.15) is 18.2 Å². The maximum atomic E-state index is 13.7. The number of phenols is 1. The number of phenolic OH excluding ortho intramolecular Hbond substituents is 1. The molecule has 1 aliphatic rings. The van der Waals surface area contributed by atoms with Crippen molar-refractivity contribution >= 4 is 56.7 Å². The Morgan fingerprint density at radius 3 is 2.05 bits per heavy atom. The number of carbonyl (C=O) groups is 3. The van der Waals surface area contributed by atoms with Gasteiger partial charge in [0.05, 0.1) is 23.5 Å². The Hall–Kier alpha value is -3.84. The van der Waals surface area contributed by atoms with Crippen molar-refractivity contribution in [3.8, 4) is 5.75 Å². The van der Waals surface area contributed by atoms with Gasteiger partial charge in [0.2, 0.25) is 21.8 Å². The van der Waals surface area contributed by atoms with E-state index in [1.165, 1.54) is 23.4 Å². The van der Waals surface area contributed by atoms with Gasteiger partial charge in [-0.15, -0.1) is 0 Å². The number of hydrogen-bond donors (Lipinski definition) is 4. The molecule has 44 heavy (non-hydrogen) atoms. The van der Waals surface area contributed by atoms with E-state index in [1.54, 1.807) is 36.4 Å².